The first-order chi connectivity index (χ1) is 10.1. The molecule has 0 bridgehead atoms. The Bertz CT molecular complexity index is 722. The van der Waals surface area contributed by atoms with Crippen LogP contribution in [0, 0.1) is 0 Å². The molecule has 21 heavy (non-hydrogen) atoms. The van der Waals surface area contributed by atoms with E-state index in [1.54, 1.807) is 18.3 Å². The smallest absolute Gasteiger partial charge is 0.265 e. The van der Waals surface area contributed by atoms with Gasteiger partial charge in [-0.1, -0.05) is 0 Å². The van der Waals surface area contributed by atoms with Gasteiger partial charge in [-0.3, -0.25) is 0 Å². The fraction of sp³-hybridized carbons (Fsp3) is 0.385. The normalized spacial score (nSPS) is 15.1. The molecule has 0 aliphatic heterocycles. The molecule has 0 spiro atoms. The van der Waals surface area contributed by atoms with E-state index in [1.807, 2.05) is 11.6 Å². The highest BCUT2D eigenvalue weighted by Crippen LogP contribution is 2.37. The predicted molar refractivity (Wildman–Crippen MR) is 78.3 cm³/mol. The Morgan fingerprint density at radius 1 is 1.33 bits per heavy atom. The van der Waals surface area contributed by atoms with Gasteiger partial charge in [0.15, 0.2) is 0 Å². The molecule has 2 N–H and O–H groups in total. The topological polar surface area (TPSA) is 88.9 Å². The lowest BCUT2D eigenvalue weighted by atomic mass is 10.4. The van der Waals surface area contributed by atoms with Crippen molar-refractivity contribution in [2.24, 2.45) is 0 Å². The van der Waals surface area contributed by atoms with Gasteiger partial charge in [0.25, 0.3) is 10.0 Å². The van der Waals surface area contributed by atoms with Crippen LogP contribution in [0.15, 0.2) is 35.6 Å². The number of nitrogens with one attached hydrogen (secondary N) is 2. The van der Waals surface area contributed by atoms with E-state index in [2.05, 4.69) is 20.0 Å². The Labute approximate surface area is 123 Å². The molecule has 0 saturated heterocycles. The molecule has 0 unspecified atom stereocenters. The summed E-state index contributed by atoms with van der Waals surface area (Å²) < 4.78 is 29.2. The molecule has 0 aromatic carbocycles. The standard InChI is InChI=1S/C13H17N5O2S/c1-14-8-11-7-12(9-18(11)10-3-4-10)21(19,20)17-13-15-5-2-6-16-13/h2,5-7,9-10,14H,3-4,8H2,1H3,(H,15,16,17). The maximum atomic E-state index is 12.4. The lowest BCUT2D eigenvalue weighted by molar-refractivity contribution is 0.600. The van der Waals surface area contributed by atoms with Crippen LogP contribution in [0.2, 0.25) is 0 Å². The van der Waals surface area contributed by atoms with Crippen molar-refractivity contribution in [1.29, 1.82) is 0 Å². The van der Waals surface area contributed by atoms with Gasteiger partial charge in [0.05, 0.1) is 0 Å². The molecule has 112 valence electrons. The Kier molecular flexibility index (Phi) is 3.64. The lowest BCUT2D eigenvalue weighted by Gasteiger charge is -2.05. The predicted octanol–water partition coefficient (Wildman–Crippen LogP) is 1.13. The molecule has 8 heteroatoms. The molecule has 3 rings (SSSR count). The molecule has 0 amide bonds. The molecule has 0 atom stereocenters. The first kappa shape index (κ1) is 14.0. The summed E-state index contributed by atoms with van der Waals surface area (Å²) in [6.45, 7) is 0.633. The first-order valence-corrected chi connectivity index (χ1v) is 8.23. The summed E-state index contributed by atoms with van der Waals surface area (Å²) in [5, 5.41) is 3.06. The van der Waals surface area contributed by atoms with E-state index < -0.39 is 10.0 Å². The van der Waals surface area contributed by atoms with Gasteiger partial charge in [0, 0.05) is 36.9 Å². The molecule has 1 aliphatic rings. The van der Waals surface area contributed by atoms with Gasteiger partial charge in [-0.2, -0.15) is 0 Å². The summed E-state index contributed by atoms with van der Waals surface area (Å²) in [7, 11) is -1.82. The van der Waals surface area contributed by atoms with E-state index >= 15 is 0 Å². The molecule has 2 aromatic rings. The van der Waals surface area contributed by atoms with Crippen LogP contribution in [0.3, 0.4) is 0 Å². The van der Waals surface area contributed by atoms with Crippen LogP contribution >= 0.6 is 0 Å². The van der Waals surface area contributed by atoms with Crippen molar-refractivity contribution in [2.75, 3.05) is 11.8 Å². The summed E-state index contributed by atoms with van der Waals surface area (Å²) in [4.78, 5) is 8.01. The van der Waals surface area contributed by atoms with E-state index in [1.165, 1.54) is 12.4 Å². The second-order valence-electron chi connectivity index (χ2n) is 5.01. The average Bonchev–Trinajstić information content (AvgIpc) is 3.21. The van der Waals surface area contributed by atoms with Crippen LogP contribution in [-0.2, 0) is 16.6 Å². The Morgan fingerprint density at radius 3 is 2.67 bits per heavy atom. The molecule has 1 aliphatic carbocycles. The van der Waals surface area contributed by atoms with Crippen LogP contribution in [0.4, 0.5) is 5.95 Å². The van der Waals surface area contributed by atoms with Gasteiger partial charge in [0.2, 0.25) is 5.95 Å². The summed E-state index contributed by atoms with van der Waals surface area (Å²) in [6, 6.07) is 3.75. The van der Waals surface area contributed by atoms with Crippen molar-refractivity contribution in [3.63, 3.8) is 0 Å². The van der Waals surface area contributed by atoms with Crippen molar-refractivity contribution >= 4 is 16.0 Å². The maximum Gasteiger partial charge on any atom is 0.265 e. The number of rotatable bonds is 6. The summed E-state index contributed by atoms with van der Waals surface area (Å²) in [6.07, 6.45) is 6.87. The minimum atomic E-state index is -3.66. The van der Waals surface area contributed by atoms with E-state index in [0.29, 0.717) is 12.6 Å². The minimum Gasteiger partial charge on any atom is -0.346 e. The number of hydrogen-bond acceptors (Lipinski definition) is 5. The van der Waals surface area contributed by atoms with Crippen LogP contribution in [0.25, 0.3) is 0 Å². The fourth-order valence-electron chi connectivity index (χ4n) is 2.19. The van der Waals surface area contributed by atoms with Crippen molar-refractivity contribution in [3.05, 3.63) is 36.4 Å². The third-order valence-electron chi connectivity index (χ3n) is 3.31. The zero-order chi connectivity index (χ0) is 14.9. The van der Waals surface area contributed by atoms with Gasteiger partial charge < -0.3 is 9.88 Å². The monoisotopic (exact) mass is 307 g/mol. The van der Waals surface area contributed by atoms with E-state index in [0.717, 1.165) is 18.5 Å². The van der Waals surface area contributed by atoms with Gasteiger partial charge in [-0.05, 0) is 32.0 Å². The third kappa shape index (κ3) is 3.06. The second-order valence-corrected chi connectivity index (χ2v) is 6.70. The number of anilines is 1. The largest absolute Gasteiger partial charge is 0.346 e. The van der Waals surface area contributed by atoms with Gasteiger partial charge in [-0.15, -0.1) is 0 Å². The minimum absolute atomic E-state index is 0.0758. The molecule has 7 nitrogen and oxygen atoms in total. The Hall–Kier alpha value is -1.93. The Morgan fingerprint density at radius 2 is 2.05 bits per heavy atom. The maximum absolute atomic E-state index is 12.4. The fourth-order valence-corrected chi connectivity index (χ4v) is 3.20. The quantitative estimate of drug-likeness (QED) is 0.835. The first-order valence-electron chi connectivity index (χ1n) is 6.75. The zero-order valence-corrected chi connectivity index (χ0v) is 12.5. The van der Waals surface area contributed by atoms with Crippen LogP contribution in [0.5, 0.6) is 0 Å². The van der Waals surface area contributed by atoms with Crippen molar-refractivity contribution in [3.8, 4) is 0 Å². The van der Waals surface area contributed by atoms with E-state index in [-0.39, 0.29) is 10.8 Å². The van der Waals surface area contributed by atoms with Crippen LogP contribution in [0.1, 0.15) is 24.6 Å². The van der Waals surface area contributed by atoms with Crippen molar-refractivity contribution in [1.82, 2.24) is 19.9 Å². The SMILES string of the molecule is CNCc1cc(S(=O)(=O)Nc2ncccn2)cn1C1CC1. The van der Waals surface area contributed by atoms with Crippen molar-refractivity contribution < 1.29 is 8.42 Å². The summed E-state index contributed by atoms with van der Waals surface area (Å²) in [5.74, 6) is 0.0758. The number of sulfonamides is 1. The van der Waals surface area contributed by atoms with Crippen LogP contribution < -0.4 is 10.0 Å². The van der Waals surface area contributed by atoms with Crippen LogP contribution in [-0.4, -0.2) is 30.0 Å². The third-order valence-corrected chi connectivity index (χ3v) is 4.60. The van der Waals surface area contributed by atoms with Gasteiger partial charge >= 0.3 is 0 Å². The number of hydrogen-bond donors (Lipinski definition) is 2. The molecule has 0 radical (unpaired) electrons. The molecule has 1 saturated carbocycles. The summed E-state index contributed by atoms with van der Waals surface area (Å²) in [5.41, 5.74) is 0.967. The highest BCUT2D eigenvalue weighted by Gasteiger charge is 2.28. The molecular formula is C13H17N5O2S. The highest BCUT2D eigenvalue weighted by molar-refractivity contribution is 7.92. The van der Waals surface area contributed by atoms with Crippen molar-refractivity contribution in [2.45, 2.75) is 30.3 Å². The number of aromatic nitrogens is 3. The second kappa shape index (κ2) is 5.45. The van der Waals surface area contributed by atoms with E-state index in [4.69, 9.17) is 0 Å². The summed E-state index contributed by atoms with van der Waals surface area (Å²) >= 11 is 0. The van der Waals surface area contributed by atoms with E-state index in [9.17, 15) is 8.42 Å². The lowest BCUT2D eigenvalue weighted by Crippen LogP contribution is -2.14. The number of nitrogens with zero attached hydrogens (tertiary/aromatic N) is 3. The zero-order valence-electron chi connectivity index (χ0n) is 11.7. The molecule has 2 heterocycles. The average molecular weight is 307 g/mol. The molecular weight excluding hydrogens is 290 g/mol. The molecule has 1 fully saturated rings. The molecule has 2 aromatic heterocycles. The Balaban J connectivity index is 1.90. The van der Waals surface area contributed by atoms with Gasteiger partial charge in [0.1, 0.15) is 4.90 Å². The highest BCUT2D eigenvalue weighted by atomic mass is 32.2. The van der Waals surface area contributed by atoms with Gasteiger partial charge in [-0.25, -0.2) is 23.1 Å².